The fraction of sp³-hybridized carbons (Fsp3) is 0.462. The maximum absolute atomic E-state index is 11.2. The molecule has 0 saturated carbocycles. The highest BCUT2D eigenvalue weighted by Crippen LogP contribution is 2.16. The summed E-state index contributed by atoms with van der Waals surface area (Å²) in [6.07, 6.45) is 1.46. The van der Waals surface area contributed by atoms with E-state index in [0.29, 0.717) is 13.0 Å². The first kappa shape index (κ1) is 14.2. The molecule has 0 amide bonds. The SMILES string of the molecule is CCCC(C)(NCc1cccc(Br)c1)C(=O)O. The molecule has 1 aromatic rings. The number of nitrogens with one attached hydrogen (secondary N) is 1. The van der Waals surface area contributed by atoms with Gasteiger partial charge in [0.2, 0.25) is 0 Å². The van der Waals surface area contributed by atoms with Crippen LogP contribution in [0.4, 0.5) is 0 Å². The van der Waals surface area contributed by atoms with Crippen LogP contribution in [0.15, 0.2) is 28.7 Å². The van der Waals surface area contributed by atoms with Crippen molar-refractivity contribution in [1.29, 1.82) is 0 Å². The van der Waals surface area contributed by atoms with Crippen molar-refractivity contribution in [1.82, 2.24) is 5.32 Å². The van der Waals surface area contributed by atoms with E-state index in [1.54, 1.807) is 6.92 Å². The van der Waals surface area contributed by atoms with Gasteiger partial charge in [-0.05, 0) is 31.0 Å². The summed E-state index contributed by atoms with van der Waals surface area (Å²) in [5.41, 5.74) is 0.222. The van der Waals surface area contributed by atoms with Gasteiger partial charge in [-0.25, -0.2) is 0 Å². The second-order valence-electron chi connectivity index (χ2n) is 4.37. The lowest BCUT2D eigenvalue weighted by Crippen LogP contribution is -2.48. The normalized spacial score (nSPS) is 14.3. The third kappa shape index (κ3) is 4.13. The zero-order chi connectivity index (χ0) is 12.9. The molecule has 3 nitrogen and oxygen atoms in total. The van der Waals surface area contributed by atoms with Gasteiger partial charge in [-0.2, -0.15) is 0 Å². The smallest absolute Gasteiger partial charge is 0.323 e. The average Bonchev–Trinajstić information content (AvgIpc) is 2.27. The van der Waals surface area contributed by atoms with Crippen LogP contribution in [0.1, 0.15) is 32.3 Å². The molecule has 1 aromatic carbocycles. The Morgan fingerprint density at radius 1 is 1.53 bits per heavy atom. The van der Waals surface area contributed by atoms with Crippen LogP contribution in [0.5, 0.6) is 0 Å². The standard InChI is InChI=1S/C13H18BrNO2/c1-3-7-13(2,12(16)17)15-9-10-5-4-6-11(14)8-10/h4-6,8,15H,3,7,9H2,1-2H3,(H,16,17). The summed E-state index contributed by atoms with van der Waals surface area (Å²) in [7, 11) is 0. The van der Waals surface area contributed by atoms with Crippen LogP contribution in [-0.2, 0) is 11.3 Å². The van der Waals surface area contributed by atoms with Gasteiger partial charge in [0.25, 0.3) is 0 Å². The molecule has 94 valence electrons. The van der Waals surface area contributed by atoms with E-state index in [1.807, 2.05) is 31.2 Å². The van der Waals surface area contributed by atoms with Gasteiger partial charge in [0.15, 0.2) is 0 Å². The molecule has 1 unspecified atom stereocenters. The van der Waals surface area contributed by atoms with Crippen molar-refractivity contribution in [3.8, 4) is 0 Å². The molecule has 0 spiro atoms. The lowest BCUT2D eigenvalue weighted by Gasteiger charge is -2.26. The van der Waals surface area contributed by atoms with E-state index in [4.69, 9.17) is 0 Å². The zero-order valence-corrected chi connectivity index (χ0v) is 11.8. The highest BCUT2D eigenvalue weighted by Gasteiger charge is 2.31. The minimum absolute atomic E-state index is 0.558. The average molecular weight is 300 g/mol. The number of carboxylic acids is 1. The number of aliphatic carboxylic acids is 1. The fourth-order valence-corrected chi connectivity index (χ4v) is 2.16. The maximum atomic E-state index is 11.2. The van der Waals surface area contributed by atoms with E-state index in [-0.39, 0.29) is 0 Å². The summed E-state index contributed by atoms with van der Waals surface area (Å²) in [6, 6.07) is 7.86. The Bertz CT molecular complexity index is 395. The molecule has 0 fully saturated rings. The zero-order valence-electron chi connectivity index (χ0n) is 10.2. The van der Waals surface area contributed by atoms with Crippen LogP contribution in [0.2, 0.25) is 0 Å². The van der Waals surface area contributed by atoms with Crippen LogP contribution in [0.25, 0.3) is 0 Å². The number of halogens is 1. The number of rotatable bonds is 6. The molecule has 0 aromatic heterocycles. The molecule has 0 aliphatic carbocycles. The van der Waals surface area contributed by atoms with Gasteiger partial charge in [-0.3, -0.25) is 10.1 Å². The Hall–Kier alpha value is -0.870. The van der Waals surface area contributed by atoms with E-state index < -0.39 is 11.5 Å². The van der Waals surface area contributed by atoms with Crippen LogP contribution >= 0.6 is 15.9 Å². The third-order valence-corrected chi connectivity index (χ3v) is 3.29. The monoisotopic (exact) mass is 299 g/mol. The van der Waals surface area contributed by atoms with E-state index in [9.17, 15) is 9.90 Å². The van der Waals surface area contributed by atoms with Crippen molar-refractivity contribution in [3.63, 3.8) is 0 Å². The molecule has 0 heterocycles. The number of hydrogen-bond acceptors (Lipinski definition) is 2. The van der Waals surface area contributed by atoms with Crippen molar-refractivity contribution >= 4 is 21.9 Å². The first-order chi connectivity index (χ1) is 7.98. The summed E-state index contributed by atoms with van der Waals surface area (Å²) < 4.78 is 1.00. The van der Waals surface area contributed by atoms with Crippen molar-refractivity contribution in [2.75, 3.05) is 0 Å². The predicted molar refractivity (Wildman–Crippen MR) is 71.9 cm³/mol. The first-order valence-corrected chi connectivity index (χ1v) is 6.50. The molecule has 2 N–H and O–H groups in total. The molecule has 0 radical (unpaired) electrons. The van der Waals surface area contributed by atoms with Gasteiger partial charge in [-0.15, -0.1) is 0 Å². The molecule has 17 heavy (non-hydrogen) atoms. The van der Waals surface area contributed by atoms with Crippen LogP contribution in [0.3, 0.4) is 0 Å². The molecule has 0 saturated heterocycles. The van der Waals surface area contributed by atoms with Crippen LogP contribution < -0.4 is 5.32 Å². The van der Waals surface area contributed by atoms with E-state index in [0.717, 1.165) is 16.5 Å². The number of hydrogen-bond donors (Lipinski definition) is 2. The van der Waals surface area contributed by atoms with Gasteiger partial charge < -0.3 is 5.11 Å². The fourth-order valence-electron chi connectivity index (χ4n) is 1.72. The number of benzene rings is 1. The number of carboxylic acid groups (broad SMARTS) is 1. The Morgan fingerprint density at radius 3 is 2.76 bits per heavy atom. The largest absolute Gasteiger partial charge is 0.480 e. The van der Waals surface area contributed by atoms with Crippen LogP contribution in [-0.4, -0.2) is 16.6 Å². The summed E-state index contributed by atoms with van der Waals surface area (Å²) in [4.78, 5) is 11.2. The van der Waals surface area contributed by atoms with Crippen LogP contribution in [0, 0.1) is 0 Å². The predicted octanol–water partition coefficient (Wildman–Crippen LogP) is 3.18. The lowest BCUT2D eigenvalue weighted by molar-refractivity contribution is -0.144. The van der Waals surface area contributed by atoms with Crippen molar-refractivity contribution in [2.24, 2.45) is 0 Å². The van der Waals surface area contributed by atoms with Crippen molar-refractivity contribution in [3.05, 3.63) is 34.3 Å². The Labute approximate surface area is 110 Å². The third-order valence-electron chi connectivity index (χ3n) is 2.79. The second kappa shape index (κ2) is 6.17. The summed E-state index contributed by atoms with van der Waals surface area (Å²) in [5, 5.41) is 12.3. The molecule has 0 aliphatic rings. The molecule has 1 atom stereocenters. The van der Waals surface area contributed by atoms with Gasteiger partial charge in [0.1, 0.15) is 5.54 Å². The topological polar surface area (TPSA) is 49.3 Å². The van der Waals surface area contributed by atoms with Gasteiger partial charge >= 0.3 is 5.97 Å². The molecular formula is C13H18BrNO2. The highest BCUT2D eigenvalue weighted by molar-refractivity contribution is 9.10. The maximum Gasteiger partial charge on any atom is 0.323 e. The van der Waals surface area contributed by atoms with E-state index in [2.05, 4.69) is 21.2 Å². The highest BCUT2D eigenvalue weighted by atomic mass is 79.9. The first-order valence-electron chi connectivity index (χ1n) is 5.71. The molecular weight excluding hydrogens is 282 g/mol. The molecule has 0 bridgehead atoms. The van der Waals surface area contributed by atoms with Gasteiger partial charge in [0, 0.05) is 11.0 Å². The Balaban J connectivity index is 2.67. The number of carbonyl (C=O) groups is 1. The second-order valence-corrected chi connectivity index (χ2v) is 5.29. The minimum Gasteiger partial charge on any atom is -0.480 e. The van der Waals surface area contributed by atoms with Gasteiger partial charge in [-0.1, -0.05) is 41.4 Å². The molecule has 0 aliphatic heterocycles. The molecule has 4 heteroatoms. The van der Waals surface area contributed by atoms with E-state index in [1.165, 1.54) is 0 Å². The van der Waals surface area contributed by atoms with Crippen molar-refractivity contribution < 1.29 is 9.90 Å². The van der Waals surface area contributed by atoms with E-state index >= 15 is 0 Å². The summed E-state index contributed by atoms with van der Waals surface area (Å²) in [6.45, 7) is 4.28. The molecule has 1 rings (SSSR count). The Kier molecular flexibility index (Phi) is 5.15. The van der Waals surface area contributed by atoms with Gasteiger partial charge in [0.05, 0.1) is 0 Å². The van der Waals surface area contributed by atoms with Crippen molar-refractivity contribution in [2.45, 2.75) is 38.8 Å². The Morgan fingerprint density at radius 2 is 2.24 bits per heavy atom. The minimum atomic E-state index is -0.850. The summed E-state index contributed by atoms with van der Waals surface area (Å²) in [5.74, 6) is -0.797. The lowest BCUT2D eigenvalue weighted by atomic mass is 9.96. The summed E-state index contributed by atoms with van der Waals surface area (Å²) >= 11 is 3.40. The quantitative estimate of drug-likeness (QED) is 0.848.